The van der Waals surface area contributed by atoms with Crippen LogP contribution in [0.15, 0.2) is 0 Å². The molecule has 0 spiro atoms. The van der Waals surface area contributed by atoms with Crippen LogP contribution < -0.4 is 0 Å². The molecule has 3 fully saturated rings. The number of hydrogen-bond acceptors (Lipinski definition) is 2. The van der Waals surface area contributed by atoms with E-state index in [0.717, 1.165) is 11.8 Å². The van der Waals surface area contributed by atoms with Crippen LogP contribution in [0, 0.1) is 11.8 Å². The average molecular weight is 250 g/mol. The summed E-state index contributed by atoms with van der Waals surface area (Å²) in [5, 5.41) is 0. The topological polar surface area (TPSA) is 18.5 Å². The lowest BCUT2D eigenvalue weighted by atomic mass is 9.77. The summed E-state index contributed by atoms with van der Waals surface area (Å²) >= 11 is 0. The van der Waals surface area contributed by atoms with E-state index in [9.17, 15) is 0 Å². The Hall–Kier alpha value is -0.0151. The van der Waals surface area contributed by atoms with E-state index in [1.54, 1.807) is 0 Å². The maximum absolute atomic E-state index is 6.14. The molecule has 18 heavy (non-hydrogen) atoms. The minimum atomic E-state index is 0.0313. The molecule has 0 radical (unpaired) electrons. The molecule has 3 rings (SSSR count). The van der Waals surface area contributed by atoms with Gasteiger partial charge in [0.05, 0.1) is 12.2 Å². The van der Waals surface area contributed by atoms with E-state index in [1.807, 2.05) is 0 Å². The van der Waals surface area contributed by atoms with Crippen molar-refractivity contribution in [1.29, 1.82) is 0 Å². The van der Waals surface area contributed by atoms with Crippen molar-refractivity contribution in [2.24, 2.45) is 11.8 Å². The van der Waals surface area contributed by atoms with Crippen LogP contribution in [0.4, 0.5) is 0 Å². The monoisotopic (exact) mass is 250 g/mol. The lowest BCUT2D eigenvalue weighted by Crippen LogP contribution is -2.38. The van der Waals surface area contributed by atoms with Gasteiger partial charge in [-0.2, -0.15) is 0 Å². The second-order valence-corrected chi connectivity index (χ2v) is 6.57. The second kappa shape index (κ2) is 5.96. The van der Waals surface area contributed by atoms with Gasteiger partial charge in [0, 0.05) is 0 Å². The molecule has 3 aliphatic rings. The molecule has 0 bridgehead atoms. The van der Waals surface area contributed by atoms with Gasteiger partial charge >= 0.3 is 7.12 Å². The van der Waals surface area contributed by atoms with Crippen LogP contribution in [-0.4, -0.2) is 19.3 Å². The Morgan fingerprint density at radius 2 is 1.06 bits per heavy atom. The van der Waals surface area contributed by atoms with Crippen molar-refractivity contribution in [2.45, 2.75) is 83.2 Å². The third-order valence-corrected chi connectivity index (χ3v) is 5.25. The molecule has 1 aliphatic heterocycles. The summed E-state index contributed by atoms with van der Waals surface area (Å²) < 4.78 is 12.3. The first kappa shape index (κ1) is 13.0. The lowest BCUT2D eigenvalue weighted by Gasteiger charge is -2.35. The van der Waals surface area contributed by atoms with Gasteiger partial charge in [-0.05, 0) is 44.3 Å². The molecule has 1 saturated heterocycles. The van der Waals surface area contributed by atoms with Crippen molar-refractivity contribution >= 4 is 7.12 Å². The highest BCUT2D eigenvalue weighted by molar-refractivity contribution is 6.43. The molecule has 2 unspecified atom stereocenters. The third kappa shape index (κ3) is 2.77. The second-order valence-electron chi connectivity index (χ2n) is 6.57. The fourth-order valence-corrected chi connectivity index (χ4v) is 4.31. The van der Waals surface area contributed by atoms with Crippen LogP contribution in [0.1, 0.15) is 64.2 Å². The van der Waals surface area contributed by atoms with Crippen LogP contribution >= 0.6 is 0 Å². The molecule has 0 aromatic rings. The van der Waals surface area contributed by atoms with Crippen LogP contribution in [0.3, 0.4) is 0 Å². The number of hydrogen-bond donors (Lipinski definition) is 0. The summed E-state index contributed by atoms with van der Waals surface area (Å²) in [5.41, 5.74) is 0. The standard InChI is InChI=1S/C15H27BO2/c1-16-17-14(12-8-4-2-5-9-12)15(18-16)13-10-6-3-7-11-13/h12-15H,2-11H2,1H3. The molecule has 0 N–H and O–H groups in total. The molecular formula is C15H27BO2. The SMILES string of the molecule is CB1OC(C2CCCCC2)C(C2CCCCC2)O1. The van der Waals surface area contributed by atoms with Gasteiger partial charge in [-0.1, -0.05) is 38.5 Å². The molecule has 2 aliphatic carbocycles. The van der Waals surface area contributed by atoms with Crippen molar-refractivity contribution in [3.8, 4) is 0 Å². The fraction of sp³-hybridized carbons (Fsp3) is 1.00. The largest absolute Gasteiger partial charge is 0.454 e. The molecule has 0 aromatic carbocycles. The molecule has 0 aromatic heterocycles. The summed E-state index contributed by atoms with van der Waals surface area (Å²) in [7, 11) is 0.0313. The maximum Gasteiger partial charge on any atom is 0.454 e. The summed E-state index contributed by atoms with van der Waals surface area (Å²) in [6, 6.07) is 0. The minimum Gasteiger partial charge on any atom is -0.406 e. The maximum atomic E-state index is 6.14. The van der Waals surface area contributed by atoms with Gasteiger partial charge in [0.2, 0.25) is 0 Å². The Kier molecular flexibility index (Phi) is 4.30. The van der Waals surface area contributed by atoms with Gasteiger partial charge in [0.1, 0.15) is 0 Å². The van der Waals surface area contributed by atoms with Gasteiger partial charge in [-0.3, -0.25) is 0 Å². The Balaban J connectivity index is 1.65. The van der Waals surface area contributed by atoms with Gasteiger partial charge in [0.15, 0.2) is 0 Å². The van der Waals surface area contributed by atoms with Gasteiger partial charge in [-0.25, -0.2) is 0 Å². The van der Waals surface area contributed by atoms with E-state index in [2.05, 4.69) is 6.82 Å². The smallest absolute Gasteiger partial charge is 0.406 e. The summed E-state index contributed by atoms with van der Waals surface area (Å²) in [6.45, 7) is 2.08. The van der Waals surface area contributed by atoms with Gasteiger partial charge in [-0.15, -0.1) is 0 Å². The first-order chi connectivity index (χ1) is 8.84. The number of rotatable bonds is 2. The molecule has 2 nitrogen and oxygen atoms in total. The normalized spacial score (nSPS) is 36.2. The Morgan fingerprint density at radius 1 is 0.667 bits per heavy atom. The van der Waals surface area contributed by atoms with Crippen LogP contribution in [0.25, 0.3) is 0 Å². The van der Waals surface area contributed by atoms with Gasteiger partial charge < -0.3 is 9.31 Å². The highest BCUT2D eigenvalue weighted by Gasteiger charge is 2.44. The Labute approximate surface area is 112 Å². The quantitative estimate of drug-likeness (QED) is 0.688. The van der Waals surface area contributed by atoms with E-state index in [-0.39, 0.29) is 7.12 Å². The summed E-state index contributed by atoms with van der Waals surface area (Å²) in [6.07, 6.45) is 14.7. The third-order valence-electron chi connectivity index (χ3n) is 5.25. The highest BCUT2D eigenvalue weighted by atomic mass is 16.7. The van der Waals surface area contributed by atoms with Gasteiger partial charge in [0.25, 0.3) is 0 Å². The van der Waals surface area contributed by atoms with Crippen molar-refractivity contribution in [3.63, 3.8) is 0 Å². The molecule has 0 amide bonds. The zero-order valence-electron chi connectivity index (χ0n) is 11.8. The predicted molar refractivity (Wildman–Crippen MR) is 74.5 cm³/mol. The van der Waals surface area contributed by atoms with Crippen molar-refractivity contribution in [3.05, 3.63) is 0 Å². The first-order valence-corrected chi connectivity index (χ1v) is 8.15. The predicted octanol–water partition coefficient (Wildman–Crippen LogP) is 4.05. The van der Waals surface area contributed by atoms with Crippen molar-refractivity contribution in [1.82, 2.24) is 0 Å². The molecular weight excluding hydrogens is 223 g/mol. The lowest BCUT2D eigenvalue weighted by molar-refractivity contribution is 0.0324. The van der Waals surface area contributed by atoms with Crippen LogP contribution in [-0.2, 0) is 9.31 Å². The fourth-order valence-electron chi connectivity index (χ4n) is 4.31. The van der Waals surface area contributed by atoms with Crippen LogP contribution in [0.2, 0.25) is 6.82 Å². The van der Waals surface area contributed by atoms with E-state index in [4.69, 9.17) is 9.31 Å². The Morgan fingerprint density at radius 3 is 1.44 bits per heavy atom. The zero-order chi connectivity index (χ0) is 12.4. The Bertz CT molecular complexity index is 233. The summed E-state index contributed by atoms with van der Waals surface area (Å²) in [5.74, 6) is 1.55. The van der Waals surface area contributed by atoms with E-state index in [0.29, 0.717) is 12.2 Å². The minimum absolute atomic E-state index is 0.0313. The van der Waals surface area contributed by atoms with Crippen LogP contribution in [0.5, 0.6) is 0 Å². The molecule has 3 heteroatoms. The average Bonchev–Trinajstić information content (AvgIpc) is 2.83. The highest BCUT2D eigenvalue weighted by Crippen LogP contribution is 2.40. The molecule has 2 atom stereocenters. The molecule has 102 valence electrons. The van der Waals surface area contributed by atoms with E-state index in [1.165, 1.54) is 64.2 Å². The molecule has 1 heterocycles. The molecule has 2 saturated carbocycles. The van der Waals surface area contributed by atoms with Crippen molar-refractivity contribution < 1.29 is 9.31 Å². The van der Waals surface area contributed by atoms with Crippen molar-refractivity contribution in [2.75, 3.05) is 0 Å². The zero-order valence-corrected chi connectivity index (χ0v) is 11.8. The summed E-state index contributed by atoms with van der Waals surface area (Å²) in [4.78, 5) is 0. The first-order valence-electron chi connectivity index (χ1n) is 8.15. The van der Waals surface area contributed by atoms with E-state index < -0.39 is 0 Å². The van der Waals surface area contributed by atoms with E-state index >= 15 is 0 Å².